The number of benzene rings is 1. The van der Waals surface area contributed by atoms with Gasteiger partial charge in [-0.2, -0.15) is 0 Å². The molecule has 0 aromatic heterocycles. The molecule has 1 fully saturated rings. The first-order valence-electron chi connectivity index (χ1n) is 7.41. The lowest BCUT2D eigenvalue weighted by atomic mass is 10.1. The van der Waals surface area contributed by atoms with Crippen LogP contribution in [0.4, 0.5) is 11.4 Å². The van der Waals surface area contributed by atoms with Crippen LogP contribution in [-0.2, 0) is 0 Å². The second-order valence-corrected chi connectivity index (χ2v) is 6.19. The van der Waals surface area contributed by atoms with E-state index in [0.717, 1.165) is 18.2 Å². The number of rotatable bonds is 5. The summed E-state index contributed by atoms with van der Waals surface area (Å²) in [6.45, 7) is 7.51. The summed E-state index contributed by atoms with van der Waals surface area (Å²) in [7, 11) is 4.33. The average molecular weight is 277 g/mol. The number of anilines is 2. The molecule has 112 valence electrons. The van der Waals surface area contributed by atoms with Gasteiger partial charge in [0.05, 0.1) is 11.8 Å². The van der Waals surface area contributed by atoms with Gasteiger partial charge in [0.2, 0.25) is 0 Å². The highest BCUT2D eigenvalue weighted by atomic mass is 16.5. The lowest BCUT2D eigenvalue weighted by Gasteiger charge is -2.24. The third kappa shape index (κ3) is 3.79. The molecule has 2 rings (SSSR count). The molecule has 4 heteroatoms. The predicted molar refractivity (Wildman–Crippen MR) is 85.5 cm³/mol. The largest absolute Gasteiger partial charge is 0.489 e. The molecule has 20 heavy (non-hydrogen) atoms. The molecule has 0 aliphatic carbocycles. The predicted octanol–water partition coefficient (Wildman–Crippen LogP) is 2.44. The monoisotopic (exact) mass is 277 g/mol. The normalized spacial score (nSPS) is 19.6. The summed E-state index contributed by atoms with van der Waals surface area (Å²) in [5.74, 6) is 1.53. The molecule has 4 nitrogen and oxygen atoms in total. The van der Waals surface area contributed by atoms with Crippen LogP contribution in [0.1, 0.15) is 20.3 Å². The van der Waals surface area contributed by atoms with E-state index in [1.807, 2.05) is 26.0 Å². The second-order valence-electron chi connectivity index (χ2n) is 6.19. The highest BCUT2D eigenvalue weighted by Gasteiger charge is 2.21. The number of nitrogens with two attached hydrogens (primary N) is 1. The first-order chi connectivity index (χ1) is 9.45. The third-order valence-corrected chi connectivity index (χ3v) is 3.82. The van der Waals surface area contributed by atoms with E-state index < -0.39 is 0 Å². The third-order valence-electron chi connectivity index (χ3n) is 3.82. The second kappa shape index (κ2) is 6.35. The molecule has 1 saturated heterocycles. The van der Waals surface area contributed by atoms with Gasteiger partial charge in [0, 0.05) is 31.9 Å². The van der Waals surface area contributed by atoms with Crippen LogP contribution in [0.15, 0.2) is 18.2 Å². The van der Waals surface area contributed by atoms with E-state index in [9.17, 15) is 0 Å². The van der Waals surface area contributed by atoms with Gasteiger partial charge >= 0.3 is 0 Å². The van der Waals surface area contributed by atoms with Gasteiger partial charge in [0.1, 0.15) is 5.75 Å². The minimum Gasteiger partial charge on any atom is -0.489 e. The Kier molecular flexibility index (Phi) is 4.76. The van der Waals surface area contributed by atoms with Crippen molar-refractivity contribution in [3.63, 3.8) is 0 Å². The lowest BCUT2D eigenvalue weighted by Crippen LogP contribution is -2.27. The number of likely N-dealkylation sites (tertiary alicyclic amines) is 1. The molecule has 0 radical (unpaired) electrons. The maximum atomic E-state index is 5.97. The smallest absolute Gasteiger partial charge is 0.144 e. The Morgan fingerprint density at radius 1 is 1.45 bits per heavy atom. The Morgan fingerprint density at radius 2 is 2.20 bits per heavy atom. The van der Waals surface area contributed by atoms with Crippen LogP contribution >= 0.6 is 0 Å². The van der Waals surface area contributed by atoms with Crippen LogP contribution in [0, 0.1) is 5.92 Å². The fraction of sp³-hybridized carbons (Fsp3) is 0.625. The molecule has 0 saturated carbocycles. The van der Waals surface area contributed by atoms with E-state index in [1.165, 1.54) is 25.2 Å². The molecule has 1 heterocycles. The van der Waals surface area contributed by atoms with E-state index in [4.69, 9.17) is 10.5 Å². The summed E-state index contributed by atoms with van der Waals surface area (Å²) < 4.78 is 5.76. The van der Waals surface area contributed by atoms with Crippen molar-refractivity contribution in [3.05, 3.63) is 18.2 Å². The van der Waals surface area contributed by atoms with E-state index >= 15 is 0 Å². The molecular formula is C16H27N3O. The zero-order chi connectivity index (χ0) is 14.7. The zero-order valence-electron chi connectivity index (χ0n) is 13.1. The van der Waals surface area contributed by atoms with E-state index in [0.29, 0.717) is 5.69 Å². The van der Waals surface area contributed by atoms with E-state index in [-0.39, 0.29) is 6.10 Å². The summed E-state index contributed by atoms with van der Waals surface area (Å²) in [5.41, 5.74) is 7.85. The Labute approximate surface area is 122 Å². The Bertz CT molecular complexity index is 447. The molecule has 0 amide bonds. The van der Waals surface area contributed by atoms with Crippen molar-refractivity contribution in [1.82, 2.24) is 4.90 Å². The number of ether oxygens (including phenoxy) is 1. The van der Waals surface area contributed by atoms with Crippen molar-refractivity contribution in [3.8, 4) is 5.75 Å². The van der Waals surface area contributed by atoms with Crippen molar-refractivity contribution in [1.29, 1.82) is 0 Å². The fourth-order valence-corrected chi connectivity index (χ4v) is 2.78. The van der Waals surface area contributed by atoms with Crippen molar-refractivity contribution >= 4 is 11.4 Å². The van der Waals surface area contributed by atoms with Gasteiger partial charge in [0.25, 0.3) is 0 Å². The van der Waals surface area contributed by atoms with Gasteiger partial charge in [-0.15, -0.1) is 0 Å². The molecule has 0 bridgehead atoms. The number of hydrogen-bond acceptors (Lipinski definition) is 4. The van der Waals surface area contributed by atoms with Crippen LogP contribution in [-0.4, -0.2) is 44.7 Å². The maximum absolute atomic E-state index is 5.97. The molecule has 1 aliphatic rings. The van der Waals surface area contributed by atoms with Gasteiger partial charge in [-0.05, 0) is 51.9 Å². The van der Waals surface area contributed by atoms with E-state index in [2.05, 4.69) is 30.0 Å². The zero-order valence-corrected chi connectivity index (χ0v) is 13.1. The lowest BCUT2D eigenvalue weighted by molar-refractivity contribution is 0.244. The summed E-state index contributed by atoms with van der Waals surface area (Å²) in [6, 6.07) is 6.06. The summed E-state index contributed by atoms with van der Waals surface area (Å²) in [5, 5.41) is 0. The Hall–Kier alpha value is -1.42. The van der Waals surface area contributed by atoms with Crippen LogP contribution in [0.3, 0.4) is 0 Å². The molecule has 2 N–H and O–H groups in total. The van der Waals surface area contributed by atoms with Gasteiger partial charge in [-0.3, -0.25) is 0 Å². The topological polar surface area (TPSA) is 41.7 Å². The number of hydrogen-bond donors (Lipinski definition) is 1. The molecule has 1 atom stereocenters. The van der Waals surface area contributed by atoms with Crippen molar-refractivity contribution in [2.75, 3.05) is 44.4 Å². The standard InChI is InChI=1S/C16H27N3O/c1-12(2)20-16-9-14(5-6-15(16)17)19(4)11-13-7-8-18(3)10-13/h5-6,9,12-13H,7-8,10-11,17H2,1-4H3. The molecule has 0 spiro atoms. The number of nitrogen functional groups attached to an aromatic ring is 1. The first kappa shape index (κ1) is 15.0. The minimum absolute atomic E-state index is 0.140. The van der Waals surface area contributed by atoms with Crippen molar-refractivity contribution in [2.45, 2.75) is 26.4 Å². The molecule has 1 aliphatic heterocycles. The highest BCUT2D eigenvalue weighted by Crippen LogP contribution is 2.29. The van der Waals surface area contributed by atoms with Gasteiger partial charge in [-0.1, -0.05) is 0 Å². The molecule has 1 unspecified atom stereocenters. The summed E-state index contributed by atoms with van der Waals surface area (Å²) in [4.78, 5) is 4.70. The molecule has 1 aromatic rings. The molecular weight excluding hydrogens is 250 g/mol. The van der Waals surface area contributed by atoms with Crippen LogP contribution in [0.2, 0.25) is 0 Å². The van der Waals surface area contributed by atoms with E-state index in [1.54, 1.807) is 0 Å². The Balaban J connectivity index is 2.03. The average Bonchev–Trinajstić information content (AvgIpc) is 2.77. The number of nitrogens with zero attached hydrogens (tertiary/aromatic N) is 2. The molecule has 1 aromatic carbocycles. The SMILES string of the molecule is CC(C)Oc1cc(N(C)CC2CCN(C)C2)ccc1N. The van der Waals surface area contributed by atoms with Gasteiger partial charge < -0.3 is 20.3 Å². The van der Waals surface area contributed by atoms with Crippen LogP contribution in [0.25, 0.3) is 0 Å². The fourth-order valence-electron chi connectivity index (χ4n) is 2.78. The van der Waals surface area contributed by atoms with Gasteiger partial charge in [0.15, 0.2) is 0 Å². The van der Waals surface area contributed by atoms with Crippen molar-refractivity contribution < 1.29 is 4.74 Å². The van der Waals surface area contributed by atoms with Crippen LogP contribution in [0.5, 0.6) is 5.75 Å². The van der Waals surface area contributed by atoms with Crippen molar-refractivity contribution in [2.24, 2.45) is 5.92 Å². The summed E-state index contributed by atoms with van der Waals surface area (Å²) in [6.07, 6.45) is 1.42. The highest BCUT2D eigenvalue weighted by molar-refractivity contribution is 5.62. The summed E-state index contributed by atoms with van der Waals surface area (Å²) >= 11 is 0. The maximum Gasteiger partial charge on any atom is 0.144 e. The van der Waals surface area contributed by atoms with Gasteiger partial charge in [-0.25, -0.2) is 0 Å². The quantitative estimate of drug-likeness (QED) is 0.839. The van der Waals surface area contributed by atoms with Crippen LogP contribution < -0.4 is 15.4 Å². The first-order valence-corrected chi connectivity index (χ1v) is 7.41. The Morgan fingerprint density at radius 3 is 2.80 bits per heavy atom. The minimum atomic E-state index is 0.140.